The average molecular weight is 233 g/mol. The summed E-state index contributed by atoms with van der Waals surface area (Å²) in [5.41, 5.74) is 1.24. The molecule has 1 saturated heterocycles. The molecule has 1 N–H and O–H groups in total. The Bertz CT molecular complexity index is 366. The lowest BCUT2D eigenvalue weighted by Gasteiger charge is -2.35. The number of hydrogen-bond donors (Lipinski definition) is 1. The zero-order valence-corrected chi connectivity index (χ0v) is 10.2. The highest BCUT2D eigenvalue weighted by Gasteiger charge is 2.23. The van der Waals surface area contributed by atoms with Crippen LogP contribution >= 0.6 is 0 Å². The summed E-state index contributed by atoms with van der Waals surface area (Å²) in [5.74, 6) is 0.183. The second-order valence-electron chi connectivity index (χ2n) is 4.47. The highest BCUT2D eigenvalue weighted by molar-refractivity contribution is 5.73. The van der Waals surface area contributed by atoms with E-state index < -0.39 is 0 Å². The molecule has 4 nitrogen and oxygen atoms in total. The number of carbonyl (C=O) groups excluding carboxylic acids is 1. The topological polar surface area (TPSA) is 45.2 Å². The monoisotopic (exact) mass is 233 g/mol. The Labute approximate surface area is 102 Å². The number of amides is 1. The van der Waals surface area contributed by atoms with Gasteiger partial charge in [0.15, 0.2) is 0 Å². The fourth-order valence-electron chi connectivity index (χ4n) is 2.31. The average Bonchev–Trinajstić information content (AvgIpc) is 2.38. The number of carbonyl (C=O) groups is 1. The summed E-state index contributed by atoms with van der Waals surface area (Å²) in [5, 5.41) is 3.35. The van der Waals surface area contributed by atoms with Crippen molar-refractivity contribution in [2.75, 3.05) is 19.6 Å². The van der Waals surface area contributed by atoms with E-state index in [1.165, 1.54) is 5.56 Å². The first-order chi connectivity index (χ1) is 8.27. The lowest BCUT2D eigenvalue weighted by molar-refractivity contribution is -0.132. The Hall–Kier alpha value is -1.42. The van der Waals surface area contributed by atoms with E-state index in [1.807, 2.05) is 17.2 Å². The number of piperazine rings is 1. The molecule has 1 aromatic rings. The van der Waals surface area contributed by atoms with Crippen molar-refractivity contribution in [2.45, 2.75) is 25.8 Å². The van der Waals surface area contributed by atoms with Gasteiger partial charge in [-0.2, -0.15) is 0 Å². The SMILES string of the molecule is CC(=O)N1CCNCC1CCc1cccnc1. The predicted molar refractivity (Wildman–Crippen MR) is 66.6 cm³/mol. The molecule has 1 unspecified atom stereocenters. The number of aryl methyl sites for hydroxylation is 1. The van der Waals surface area contributed by atoms with E-state index in [0.29, 0.717) is 6.04 Å². The van der Waals surface area contributed by atoms with Gasteiger partial charge in [-0.05, 0) is 24.5 Å². The molecule has 0 radical (unpaired) electrons. The normalized spacial score (nSPS) is 20.3. The lowest BCUT2D eigenvalue weighted by Crippen LogP contribution is -2.53. The lowest BCUT2D eigenvalue weighted by atomic mass is 10.0. The molecular formula is C13H19N3O. The quantitative estimate of drug-likeness (QED) is 0.841. The first kappa shape index (κ1) is 12.0. The molecule has 0 saturated carbocycles. The van der Waals surface area contributed by atoms with Crippen LogP contribution in [0.5, 0.6) is 0 Å². The summed E-state index contributed by atoms with van der Waals surface area (Å²) in [4.78, 5) is 17.6. The predicted octanol–water partition coefficient (Wildman–Crippen LogP) is 0.834. The molecule has 4 heteroatoms. The maximum atomic E-state index is 11.5. The van der Waals surface area contributed by atoms with Gasteiger partial charge in [0.2, 0.25) is 5.91 Å². The first-order valence-corrected chi connectivity index (χ1v) is 6.14. The van der Waals surface area contributed by atoms with Crippen molar-refractivity contribution in [2.24, 2.45) is 0 Å². The molecular weight excluding hydrogens is 214 g/mol. The molecule has 17 heavy (non-hydrogen) atoms. The van der Waals surface area contributed by atoms with Crippen LogP contribution < -0.4 is 5.32 Å². The summed E-state index contributed by atoms with van der Waals surface area (Å²) in [6.07, 6.45) is 5.66. The molecule has 1 fully saturated rings. The van der Waals surface area contributed by atoms with Crippen molar-refractivity contribution in [3.63, 3.8) is 0 Å². The highest BCUT2D eigenvalue weighted by atomic mass is 16.2. The Kier molecular flexibility index (Phi) is 4.09. The number of pyridine rings is 1. The molecule has 92 valence electrons. The third-order valence-corrected chi connectivity index (χ3v) is 3.24. The van der Waals surface area contributed by atoms with Crippen molar-refractivity contribution in [1.29, 1.82) is 0 Å². The van der Waals surface area contributed by atoms with Crippen LogP contribution in [0.2, 0.25) is 0 Å². The van der Waals surface area contributed by atoms with Gasteiger partial charge in [0.05, 0.1) is 0 Å². The van der Waals surface area contributed by atoms with Gasteiger partial charge in [-0.3, -0.25) is 9.78 Å². The molecule has 0 spiro atoms. The maximum Gasteiger partial charge on any atom is 0.219 e. The van der Waals surface area contributed by atoms with E-state index in [9.17, 15) is 4.79 Å². The van der Waals surface area contributed by atoms with E-state index in [4.69, 9.17) is 0 Å². The molecule has 1 aliphatic heterocycles. The van der Waals surface area contributed by atoms with Gasteiger partial charge in [0.1, 0.15) is 0 Å². The van der Waals surface area contributed by atoms with Crippen LogP contribution in [-0.2, 0) is 11.2 Å². The van der Waals surface area contributed by atoms with Crippen LogP contribution in [0.25, 0.3) is 0 Å². The van der Waals surface area contributed by atoms with Crippen LogP contribution in [0.3, 0.4) is 0 Å². The van der Waals surface area contributed by atoms with E-state index in [-0.39, 0.29) is 5.91 Å². The van der Waals surface area contributed by atoms with Gasteiger partial charge >= 0.3 is 0 Å². The van der Waals surface area contributed by atoms with Crippen molar-refractivity contribution >= 4 is 5.91 Å². The van der Waals surface area contributed by atoms with E-state index >= 15 is 0 Å². The maximum absolute atomic E-state index is 11.5. The number of hydrogen-bond acceptors (Lipinski definition) is 3. The minimum atomic E-state index is 0.183. The zero-order valence-electron chi connectivity index (χ0n) is 10.2. The van der Waals surface area contributed by atoms with E-state index in [2.05, 4.69) is 16.4 Å². The van der Waals surface area contributed by atoms with Crippen LogP contribution in [0.1, 0.15) is 18.9 Å². The second-order valence-corrected chi connectivity index (χ2v) is 4.47. The Morgan fingerprint density at radius 2 is 2.53 bits per heavy atom. The Balaban J connectivity index is 1.90. The summed E-state index contributed by atoms with van der Waals surface area (Å²) in [6.45, 7) is 4.29. The van der Waals surface area contributed by atoms with Crippen LogP contribution in [0.15, 0.2) is 24.5 Å². The summed E-state index contributed by atoms with van der Waals surface area (Å²) < 4.78 is 0. The Morgan fingerprint density at radius 3 is 3.24 bits per heavy atom. The third kappa shape index (κ3) is 3.27. The first-order valence-electron chi connectivity index (χ1n) is 6.14. The highest BCUT2D eigenvalue weighted by Crippen LogP contribution is 2.11. The van der Waals surface area contributed by atoms with Gasteiger partial charge in [0, 0.05) is 45.0 Å². The molecule has 0 aromatic carbocycles. The van der Waals surface area contributed by atoms with Crippen LogP contribution in [-0.4, -0.2) is 41.5 Å². The van der Waals surface area contributed by atoms with Gasteiger partial charge in [-0.25, -0.2) is 0 Å². The molecule has 0 aliphatic carbocycles. The minimum Gasteiger partial charge on any atom is -0.337 e. The van der Waals surface area contributed by atoms with Gasteiger partial charge in [-0.1, -0.05) is 6.07 Å². The number of aromatic nitrogens is 1. The van der Waals surface area contributed by atoms with E-state index in [0.717, 1.165) is 32.5 Å². The fraction of sp³-hybridized carbons (Fsp3) is 0.538. The second kappa shape index (κ2) is 5.77. The summed E-state index contributed by atoms with van der Waals surface area (Å²) in [7, 11) is 0. The molecule has 0 bridgehead atoms. The summed E-state index contributed by atoms with van der Waals surface area (Å²) >= 11 is 0. The van der Waals surface area contributed by atoms with Crippen molar-refractivity contribution < 1.29 is 4.79 Å². The van der Waals surface area contributed by atoms with Crippen LogP contribution in [0.4, 0.5) is 0 Å². The molecule has 1 atom stereocenters. The largest absolute Gasteiger partial charge is 0.337 e. The fourth-order valence-corrected chi connectivity index (χ4v) is 2.31. The third-order valence-electron chi connectivity index (χ3n) is 3.24. The van der Waals surface area contributed by atoms with Gasteiger partial charge in [-0.15, -0.1) is 0 Å². The summed E-state index contributed by atoms with van der Waals surface area (Å²) in [6, 6.07) is 4.36. The standard InChI is InChI=1S/C13H19N3O/c1-11(17)16-8-7-15-10-13(16)5-4-12-3-2-6-14-9-12/h2-3,6,9,13,15H,4-5,7-8,10H2,1H3. The number of rotatable bonds is 3. The van der Waals surface area contributed by atoms with Gasteiger partial charge < -0.3 is 10.2 Å². The smallest absolute Gasteiger partial charge is 0.219 e. The number of nitrogens with one attached hydrogen (secondary N) is 1. The molecule has 2 rings (SSSR count). The van der Waals surface area contributed by atoms with Crippen molar-refractivity contribution in [3.8, 4) is 0 Å². The number of nitrogens with zero attached hydrogens (tertiary/aromatic N) is 2. The van der Waals surface area contributed by atoms with Crippen molar-refractivity contribution in [1.82, 2.24) is 15.2 Å². The zero-order chi connectivity index (χ0) is 12.1. The molecule has 1 aromatic heterocycles. The van der Waals surface area contributed by atoms with Gasteiger partial charge in [0.25, 0.3) is 0 Å². The molecule has 2 heterocycles. The molecule has 1 amide bonds. The Morgan fingerprint density at radius 1 is 1.65 bits per heavy atom. The van der Waals surface area contributed by atoms with E-state index in [1.54, 1.807) is 13.1 Å². The minimum absolute atomic E-state index is 0.183. The molecule has 1 aliphatic rings. The van der Waals surface area contributed by atoms with Crippen molar-refractivity contribution in [3.05, 3.63) is 30.1 Å². The van der Waals surface area contributed by atoms with Crippen LogP contribution in [0, 0.1) is 0 Å².